The Bertz CT molecular complexity index is 425. The molecule has 1 aromatic rings. The third-order valence-corrected chi connectivity index (χ3v) is 4.09. The van der Waals surface area contributed by atoms with Crippen LogP contribution in [0.2, 0.25) is 0 Å². The van der Waals surface area contributed by atoms with Gasteiger partial charge in [-0.2, -0.15) is 0 Å². The van der Waals surface area contributed by atoms with Gasteiger partial charge in [0.05, 0.1) is 4.88 Å². The van der Waals surface area contributed by atoms with E-state index < -0.39 is 0 Å². The quantitative estimate of drug-likeness (QED) is 0.881. The minimum absolute atomic E-state index is 0.0961. The number of carbonyl (C=O) groups is 2. The van der Waals surface area contributed by atoms with Crippen molar-refractivity contribution >= 4 is 23.2 Å². The SMILES string of the molecule is CN1CCN(C(=O)CCNC(=O)c2cccs2)CC1. The van der Waals surface area contributed by atoms with Gasteiger partial charge in [-0.25, -0.2) is 0 Å². The zero-order chi connectivity index (χ0) is 13.7. The molecule has 1 aliphatic rings. The largest absolute Gasteiger partial charge is 0.351 e. The van der Waals surface area contributed by atoms with Crippen LogP contribution in [0.4, 0.5) is 0 Å². The summed E-state index contributed by atoms with van der Waals surface area (Å²) >= 11 is 1.41. The number of hydrogen-bond donors (Lipinski definition) is 1. The van der Waals surface area contributed by atoms with E-state index in [-0.39, 0.29) is 11.8 Å². The number of nitrogens with zero attached hydrogens (tertiary/aromatic N) is 2. The second kappa shape index (κ2) is 6.68. The van der Waals surface area contributed by atoms with Gasteiger partial charge in [0, 0.05) is 39.1 Å². The fourth-order valence-electron chi connectivity index (χ4n) is 1.99. The van der Waals surface area contributed by atoms with Crippen molar-refractivity contribution in [1.82, 2.24) is 15.1 Å². The summed E-state index contributed by atoms with van der Waals surface area (Å²) in [6.07, 6.45) is 0.376. The molecule has 0 bridgehead atoms. The molecule has 2 heterocycles. The zero-order valence-electron chi connectivity index (χ0n) is 11.1. The van der Waals surface area contributed by atoms with E-state index in [2.05, 4.69) is 17.3 Å². The van der Waals surface area contributed by atoms with Gasteiger partial charge in [-0.05, 0) is 18.5 Å². The van der Waals surface area contributed by atoms with Gasteiger partial charge < -0.3 is 15.1 Å². The first-order valence-corrected chi connectivity index (χ1v) is 7.33. The van der Waals surface area contributed by atoms with E-state index in [1.54, 1.807) is 6.07 Å². The lowest BCUT2D eigenvalue weighted by atomic mass is 10.3. The number of amides is 2. The van der Waals surface area contributed by atoms with Gasteiger partial charge in [0.2, 0.25) is 5.91 Å². The summed E-state index contributed by atoms with van der Waals surface area (Å²) in [5, 5.41) is 4.64. The van der Waals surface area contributed by atoms with Crippen LogP contribution >= 0.6 is 11.3 Å². The van der Waals surface area contributed by atoms with E-state index in [1.165, 1.54) is 11.3 Å². The molecule has 5 nitrogen and oxygen atoms in total. The van der Waals surface area contributed by atoms with Crippen LogP contribution < -0.4 is 5.32 Å². The van der Waals surface area contributed by atoms with Crippen LogP contribution in [0.5, 0.6) is 0 Å². The van der Waals surface area contributed by atoms with E-state index in [0.29, 0.717) is 17.8 Å². The molecule has 1 aromatic heterocycles. The number of rotatable bonds is 4. The molecule has 104 valence electrons. The lowest BCUT2D eigenvalue weighted by molar-refractivity contribution is -0.132. The van der Waals surface area contributed by atoms with Crippen molar-refractivity contribution in [2.24, 2.45) is 0 Å². The third kappa shape index (κ3) is 4.04. The van der Waals surface area contributed by atoms with Crippen LogP contribution in [-0.2, 0) is 4.79 Å². The highest BCUT2D eigenvalue weighted by molar-refractivity contribution is 7.12. The van der Waals surface area contributed by atoms with Crippen LogP contribution in [0.1, 0.15) is 16.1 Å². The van der Waals surface area contributed by atoms with Gasteiger partial charge in [0.25, 0.3) is 5.91 Å². The van der Waals surface area contributed by atoms with Crippen LogP contribution in [-0.4, -0.2) is 61.4 Å². The molecule has 0 aliphatic carbocycles. The Balaban J connectivity index is 1.68. The predicted molar refractivity (Wildman–Crippen MR) is 75.3 cm³/mol. The van der Waals surface area contributed by atoms with Crippen molar-refractivity contribution in [3.8, 4) is 0 Å². The van der Waals surface area contributed by atoms with Crippen LogP contribution in [0.15, 0.2) is 17.5 Å². The molecule has 19 heavy (non-hydrogen) atoms. The summed E-state index contributed by atoms with van der Waals surface area (Å²) < 4.78 is 0. The molecule has 1 saturated heterocycles. The second-order valence-corrected chi connectivity index (χ2v) is 5.61. The van der Waals surface area contributed by atoms with Crippen molar-refractivity contribution in [2.45, 2.75) is 6.42 Å². The molecule has 0 unspecified atom stereocenters. The highest BCUT2D eigenvalue weighted by Crippen LogP contribution is 2.07. The molecular formula is C13H19N3O2S. The summed E-state index contributed by atoms with van der Waals surface area (Å²) in [6, 6.07) is 3.62. The first-order chi connectivity index (χ1) is 9.16. The summed E-state index contributed by atoms with van der Waals surface area (Å²) in [5.74, 6) is 0.0285. The third-order valence-electron chi connectivity index (χ3n) is 3.23. The smallest absolute Gasteiger partial charge is 0.261 e. The molecule has 1 fully saturated rings. The first kappa shape index (κ1) is 14.0. The molecule has 0 spiro atoms. The summed E-state index contributed by atoms with van der Waals surface area (Å²) in [5.41, 5.74) is 0. The predicted octanol–water partition coefficient (Wildman–Crippen LogP) is 0.642. The minimum Gasteiger partial charge on any atom is -0.351 e. The highest BCUT2D eigenvalue weighted by atomic mass is 32.1. The Labute approximate surface area is 117 Å². The van der Waals surface area contributed by atoms with Crippen molar-refractivity contribution in [3.05, 3.63) is 22.4 Å². The summed E-state index contributed by atoms with van der Waals surface area (Å²) in [7, 11) is 2.06. The first-order valence-electron chi connectivity index (χ1n) is 6.45. The maximum atomic E-state index is 11.9. The lowest BCUT2D eigenvalue weighted by Gasteiger charge is -2.32. The zero-order valence-corrected chi connectivity index (χ0v) is 11.9. The minimum atomic E-state index is -0.0961. The lowest BCUT2D eigenvalue weighted by Crippen LogP contribution is -2.47. The number of hydrogen-bond acceptors (Lipinski definition) is 4. The van der Waals surface area contributed by atoms with E-state index >= 15 is 0 Å². The normalized spacial score (nSPS) is 16.4. The summed E-state index contributed by atoms with van der Waals surface area (Å²) in [4.78, 5) is 28.4. The second-order valence-electron chi connectivity index (χ2n) is 4.67. The monoisotopic (exact) mass is 281 g/mol. The molecule has 6 heteroatoms. The molecule has 2 amide bonds. The average molecular weight is 281 g/mol. The van der Waals surface area contributed by atoms with Gasteiger partial charge in [0.15, 0.2) is 0 Å². The Morgan fingerprint density at radius 3 is 2.68 bits per heavy atom. The molecule has 1 N–H and O–H groups in total. The number of nitrogens with one attached hydrogen (secondary N) is 1. The van der Waals surface area contributed by atoms with E-state index in [9.17, 15) is 9.59 Å². The standard InChI is InChI=1S/C13H19N3O2S/c1-15-6-8-16(9-7-15)12(17)4-5-14-13(18)11-3-2-10-19-11/h2-3,10H,4-9H2,1H3,(H,14,18). The van der Waals surface area contributed by atoms with Crippen molar-refractivity contribution < 1.29 is 9.59 Å². The van der Waals surface area contributed by atoms with E-state index in [0.717, 1.165) is 26.2 Å². The Morgan fingerprint density at radius 1 is 1.32 bits per heavy atom. The van der Waals surface area contributed by atoms with Crippen molar-refractivity contribution in [1.29, 1.82) is 0 Å². The molecule has 0 radical (unpaired) electrons. The van der Waals surface area contributed by atoms with Crippen molar-refractivity contribution in [2.75, 3.05) is 39.8 Å². The van der Waals surface area contributed by atoms with Gasteiger partial charge >= 0.3 is 0 Å². The van der Waals surface area contributed by atoms with Crippen molar-refractivity contribution in [3.63, 3.8) is 0 Å². The molecular weight excluding hydrogens is 262 g/mol. The number of thiophene rings is 1. The highest BCUT2D eigenvalue weighted by Gasteiger charge is 2.18. The van der Waals surface area contributed by atoms with E-state index in [4.69, 9.17) is 0 Å². The fraction of sp³-hybridized carbons (Fsp3) is 0.538. The molecule has 0 aromatic carbocycles. The van der Waals surface area contributed by atoms with E-state index in [1.807, 2.05) is 16.3 Å². The van der Waals surface area contributed by atoms with Crippen LogP contribution in [0.3, 0.4) is 0 Å². The average Bonchev–Trinajstić information content (AvgIpc) is 2.93. The molecule has 2 rings (SSSR count). The maximum Gasteiger partial charge on any atom is 0.261 e. The number of piperazine rings is 1. The Kier molecular flexibility index (Phi) is 4.93. The Morgan fingerprint density at radius 2 is 2.05 bits per heavy atom. The molecule has 0 atom stereocenters. The number of carbonyl (C=O) groups excluding carboxylic acids is 2. The van der Waals surface area contributed by atoms with Crippen LogP contribution in [0.25, 0.3) is 0 Å². The van der Waals surface area contributed by atoms with Gasteiger partial charge in [-0.15, -0.1) is 11.3 Å². The maximum absolute atomic E-state index is 11.9. The van der Waals surface area contributed by atoms with Gasteiger partial charge in [-0.1, -0.05) is 6.07 Å². The Hall–Kier alpha value is -1.40. The topological polar surface area (TPSA) is 52.6 Å². The molecule has 1 aliphatic heterocycles. The summed E-state index contributed by atoms with van der Waals surface area (Å²) in [6.45, 7) is 3.82. The van der Waals surface area contributed by atoms with Gasteiger partial charge in [-0.3, -0.25) is 9.59 Å². The van der Waals surface area contributed by atoms with Crippen LogP contribution in [0, 0.1) is 0 Å². The number of likely N-dealkylation sites (N-methyl/N-ethyl adjacent to an activating group) is 1. The van der Waals surface area contributed by atoms with Gasteiger partial charge in [0.1, 0.15) is 0 Å². The fourth-order valence-corrected chi connectivity index (χ4v) is 2.63. The molecule has 0 saturated carbocycles.